The fourth-order valence-electron chi connectivity index (χ4n) is 2.02. The van der Waals surface area contributed by atoms with E-state index in [-0.39, 0.29) is 5.91 Å². The second-order valence-electron chi connectivity index (χ2n) is 4.31. The molecule has 1 amide bonds. The van der Waals surface area contributed by atoms with Crippen LogP contribution in [0.3, 0.4) is 0 Å². The summed E-state index contributed by atoms with van der Waals surface area (Å²) in [5.41, 5.74) is 0.688. The van der Waals surface area contributed by atoms with Crippen LogP contribution in [0.2, 0.25) is 0 Å². The van der Waals surface area contributed by atoms with Gasteiger partial charge < -0.3 is 4.90 Å². The lowest BCUT2D eigenvalue weighted by Crippen LogP contribution is -2.35. The summed E-state index contributed by atoms with van der Waals surface area (Å²) in [6, 6.07) is 0. The summed E-state index contributed by atoms with van der Waals surface area (Å²) in [6.07, 6.45) is 5.29. The van der Waals surface area contributed by atoms with Gasteiger partial charge in [0.1, 0.15) is 10.7 Å². The van der Waals surface area contributed by atoms with Crippen LogP contribution in [-0.2, 0) is 0 Å². The van der Waals surface area contributed by atoms with Crippen LogP contribution in [0.25, 0.3) is 4.91 Å². The lowest BCUT2D eigenvalue weighted by atomic mass is 10.1. The zero-order valence-corrected chi connectivity index (χ0v) is 12.6. The van der Waals surface area contributed by atoms with Crippen molar-refractivity contribution in [3.8, 4) is 0 Å². The summed E-state index contributed by atoms with van der Waals surface area (Å²) < 4.78 is 0. The Morgan fingerprint density at radius 1 is 1.42 bits per heavy atom. The third-order valence-electron chi connectivity index (χ3n) is 3.09. The van der Waals surface area contributed by atoms with E-state index >= 15 is 0 Å². The fourth-order valence-corrected chi connectivity index (χ4v) is 3.29. The number of carbonyl (C=O) groups excluding carboxylic acids is 1. The Morgan fingerprint density at radius 3 is 2.68 bits per heavy atom. The van der Waals surface area contributed by atoms with Crippen LogP contribution in [-0.4, -0.2) is 41.9 Å². The molecule has 0 saturated carbocycles. The summed E-state index contributed by atoms with van der Waals surface area (Å²) in [5.74, 6) is 0.00903. The second-order valence-corrected chi connectivity index (χ2v) is 6.19. The van der Waals surface area contributed by atoms with Crippen molar-refractivity contribution in [3.05, 3.63) is 17.3 Å². The molecule has 1 saturated heterocycles. The van der Waals surface area contributed by atoms with Crippen LogP contribution >= 0.6 is 23.1 Å². The molecule has 0 N–H and O–H groups in total. The van der Waals surface area contributed by atoms with Gasteiger partial charge in [-0.25, -0.2) is 4.98 Å². The Kier molecular flexibility index (Phi) is 4.76. The van der Waals surface area contributed by atoms with E-state index in [1.165, 1.54) is 29.5 Å². The van der Waals surface area contributed by atoms with Crippen LogP contribution in [0.1, 0.15) is 34.8 Å². The Bertz CT molecular complexity index is 504. The van der Waals surface area contributed by atoms with Gasteiger partial charge in [0.2, 0.25) is 0 Å². The monoisotopic (exact) mass is 295 g/mol. The number of nitrogens with zero attached hydrogens (tertiary/aromatic N) is 3. The van der Waals surface area contributed by atoms with E-state index in [0.29, 0.717) is 15.7 Å². The summed E-state index contributed by atoms with van der Waals surface area (Å²) in [6.45, 7) is 9.13. The van der Waals surface area contributed by atoms with Crippen LogP contribution in [0.5, 0.6) is 0 Å². The predicted molar refractivity (Wildman–Crippen MR) is 83.6 cm³/mol. The first kappa shape index (κ1) is 14.3. The number of thioether (sulfide) groups is 1. The largest absolute Gasteiger partial charge is 0.337 e. The van der Waals surface area contributed by atoms with E-state index in [2.05, 4.69) is 23.3 Å². The van der Waals surface area contributed by atoms with Gasteiger partial charge in [0.15, 0.2) is 5.01 Å². The van der Waals surface area contributed by atoms with Gasteiger partial charge in [-0.1, -0.05) is 17.9 Å². The van der Waals surface area contributed by atoms with Gasteiger partial charge in [0.25, 0.3) is 5.91 Å². The normalized spacial score (nSPS) is 15.3. The predicted octanol–water partition coefficient (Wildman–Crippen LogP) is 3.44. The molecular formula is C13H17N3OS2. The number of thiazole rings is 1. The maximum Gasteiger partial charge on any atom is 0.282 e. The molecule has 1 aromatic rings. The molecule has 1 aromatic heterocycles. The molecule has 6 heteroatoms. The van der Waals surface area contributed by atoms with Gasteiger partial charge in [-0.2, -0.15) is 0 Å². The van der Waals surface area contributed by atoms with E-state index in [1.807, 2.05) is 11.2 Å². The molecule has 0 aromatic carbocycles. The minimum Gasteiger partial charge on any atom is -0.337 e. The first-order chi connectivity index (χ1) is 9.17. The molecule has 0 radical (unpaired) electrons. The van der Waals surface area contributed by atoms with E-state index in [0.717, 1.165) is 30.8 Å². The zero-order valence-electron chi connectivity index (χ0n) is 11.0. The molecule has 19 heavy (non-hydrogen) atoms. The number of likely N-dealkylation sites (tertiary alicyclic amines) is 1. The molecule has 0 unspecified atom stereocenters. The van der Waals surface area contributed by atoms with Crippen molar-refractivity contribution in [3.63, 3.8) is 0 Å². The Morgan fingerprint density at radius 2 is 2.11 bits per heavy atom. The van der Waals surface area contributed by atoms with E-state index < -0.39 is 0 Å². The summed E-state index contributed by atoms with van der Waals surface area (Å²) in [5, 5.41) is 1.18. The van der Waals surface area contributed by atoms with Crippen LogP contribution in [0, 0.1) is 0 Å². The van der Waals surface area contributed by atoms with Gasteiger partial charge in [-0.05, 0) is 32.2 Å². The summed E-state index contributed by atoms with van der Waals surface area (Å²) in [4.78, 5) is 23.4. The molecule has 0 bridgehead atoms. The average molecular weight is 295 g/mol. The molecule has 0 atom stereocenters. The smallest absolute Gasteiger partial charge is 0.282 e. The lowest BCUT2D eigenvalue weighted by Gasteiger charge is -2.25. The molecule has 1 aliphatic heterocycles. The van der Waals surface area contributed by atoms with Crippen LogP contribution in [0.4, 0.5) is 5.00 Å². The maximum absolute atomic E-state index is 12.4. The first-order valence-corrected chi connectivity index (χ1v) is 8.21. The molecule has 4 nitrogen and oxygen atoms in total. The number of piperidine rings is 1. The second kappa shape index (κ2) is 6.34. The third-order valence-corrected chi connectivity index (χ3v) is 4.75. The Hall–Kier alpha value is -1.14. The first-order valence-electron chi connectivity index (χ1n) is 6.17. The molecule has 0 aliphatic carbocycles. The van der Waals surface area contributed by atoms with Gasteiger partial charge >= 0.3 is 0 Å². The number of amides is 1. The molecule has 0 spiro atoms. The van der Waals surface area contributed by atoms with Crippen molar-refractivity contribution >= 4 is 45.6 Å². The molecule has 102 valence electrons. The highest BCUT2D eigenvalue weighted by atomic mass is 32.2. The van der Waals surface area contributed by atoms with Crippen LogP contribution in [0.15, 0.2) is 11.6 Å². The number of rotatable bonds is 4. The lowest BCUT2D eigenvalue weighted by molar-refractivity contribution is 0.0724. The van der Waals surface area contributed by atoms with E-state index in [4.69, 9.17) is 0 Å². The highest BCUT2D eigenvalue weighted by molar-refractivity contribution is 8.07. The zero-order chi connectivity index (χ0) is 13.8. The number of hydrogen-bond acceptors (Lipinski definition) is 5. The molecule has 1 fully saturated rings. The van der Waals surface area contributed by atoms with Crippen molar-refractivity contribution in [1.82, 2.24) is 9.88 Å². The minimum atomic E-state index is 0.00903. The highest BCUT2D eigenvalue weighted by Gasteiger charge is 2.23. The minimum absolute atomic E-state index is 0.00903. The van der Waals surface area contributed by atoms with Gasteiger partial charge in [0, 0.05) is 18.0 Å². The molecule has 1 aliphatic rings. The third kappa shape index (κ3) is 3.06. The Labute approximate surface area is 121 Å². The van der Waals surface area contributed by atoms with Gasteiger partial charge in [-0.3, -0.25) is 9.79 Å². The van der Waals surface area contributed by atoms with Crippen molar-refractivity contribution in [2.45, 2.75) is 19.3 Å². The quantitative estimate of drug-likeness (QED) is 0.799. The van der Waals surface area contributed by atoms with Gasteiger partial charge in [0.05, 0.1) is 0 Å². The summed E-state index contributed by atoms with van der Waals surface area (Å²) >= 11 is 2.80. The van der Waals surface area contributed by atoms with Gasteiger partial charge in [-0.15, -0.1) is 11.8 Å². The van der Waals surface area contributed by atoms with Crippen molar-refractivity contribution in [2.24, 2.45) is 4.99 Å². The SMILES string of the molecule is C=Nc1sc(C(=O)N2CCCCC2)nc1C(=C)SC. The number of aromatic nitrogens is 1. The highest BCUT2D eigenvalue weighted by Crippen LogP contribution is 2.36. The summed E-state index contributed by atoms with van der Waals surface area (Å²) in [7, 11) is 0. The standard InChI is InChI=1S/C13H17N3OS2/c1-9(18-3)10-11(14-2)19-12(15-10)13(17)16-7-5-4-6-8-16/h1-2,4-8H2,3H3. The molecular weight excluding hydrogens is 278 g/mol. The Balaban J connectivity index is 2.24. The van der Waals surface area contributed by atoms with Crippen molar-refractivity contribution < 1.29 is 4.79 Å². The van der Waals surface area contributed by atoms with E-state index in [1.54, 1.807) is 0 Å². The number of hydrogen-bond donors (Lipinski definition) is 0. The molecule has 2 rings (SSSR count). The van der Waals surface area contributed by atoms with Crippen LogP contribution < -0.4 is 0 Å². The van der Waals surface area contributed by atoms with Crippen molar-refractivity contribution in [2.75, 3.05) is 19.3 Å². The fraction of sp³-hybridized carbons (Fsp3) is 0.462. The number of carbonyl (C=O) groups is 1. The van der Waals surface area contributed by atoms with Crippen molar-refractivity contribution in [1.29, 1.82) is 0 Å². The average Bonchev–Trinajstić information content (AvgIpc) is 2.90. The maximum atomic E-state index is 12.4. The van der Waals surface area contributed by atoms with E-state index in [9.17, 15) is 4.79 Å². The topological polar surface area (TPSA) is 45.6 Å². The number of aliphatic imine (C=N–C) groups is 1. The molecule has 2 heterocycles.